The van der Waals surface area contributed by atoms with Crippen LogP contribution in [0.4, 0.5) is 5.69 Å². The van der Waals surface area contributed by atoms with Gasteiger partial charge in [-0.15, -0.1) is 0 Å². The predicted molar refractivity (Wildman–Crippen MR) is 99.0 cm³/mol. The van der Waals surface area contributed by atoms with Gasteiger partial charge in [0.05, 0.1) is 31.0 Å². The number of carbonyl (C=O) groups excluding carboxylic acids is 3. The highest BCUT2D eigenvalue weighted by Crippen LogP contribution is 2.21. The molecule has 0 aliphatic rings. The molecule has 7 nitrogen and oxygen atoms in total. The molecule has 0 unspecified atom stereocenters. The quantitative estimate of drug-likeness (QED) is 0.785. The van der Waals surface area contributed by atoms with Crippen molar-refractivity contribution < 1.29 is 28.6 Å². The Labute approximate surface area is 157 Å². The normalized spacial score (nSPS) is 11.3. The van der Waals surface area contributed by atoms with E-state index >= 15 is 0 Å². The van der Waals surface area contributed by atoms with Crippen molar-refractivity contribution in [2.75, 3.05) is 19.5 Å². The first-order chi connectivity index (χ1) is 12.8. The number of rotatable bonds is 6. The molecule has 0 saturated heterocycles. The monoisotopic (exact) mass is 371 g/mol. The Hall–Kier alpha value is -3.35. The minimum Gasteiger partial charge on any atom is -0.481 e. The number of hydrogen-bond acceptors (Lipinski definition) is 6. The Morgan fingerprint density at radius 1 is 0.963 bits per heavy atom. The van der Waals surface area contributed by atoms with E-state index in [0.717, 1.165) is 5.56 Å². The predicted octanol–water partition coefficient (Wildman–Crippen LogP) is 2.97. The number of hydrogen-bond donors (Lipinski definition) is 1. The Morgan fingerprint density at radius 3 is 2.30 bits per heavy atom. The van der Waals surface area contributed by atoms with Gasteiger partial charge in [-0.25, -0.2) is 9.59 Å². The number of carbonyl (C=O) groups is 3. The van der Waals surface area contributed by atoms with Crippen molar-refractivity contribution >= 4 is 23.5 Å². The summed E-state index contributed by atoms with van der Waals surface area (Å²) in [7, 11) is 2.47. The van der Waals surface area contributed by atoms with Crippen LogP contribution >= 0.6 is 0 Å². The number of amides is 1. The first-order valence-corrected chi connectivity index (χ1v) is 8.20. The lowest BCUT2D eigenvalue weighted by atomic mass is 10.1. The highest BCUT2D eigenvalue weighted by molar-refractivity contribution is 6.04. The van der Waals surface area contributed by atoms with Crippen molar-refractivity contribution in [3.05, 3.63) is 59.2 Å². The van der Waals surface area contributed by atoms with Crippen molar-refractivity contribution in [1.82, 2.24) is 0 Å². The third-order valence-corrected chi connectivity index (χ3v) is 3.78. The van der Waals surface area contributed by atoms with E-state index in [2.05, 4.69) is 10.1 Å². The summed E-state index contributed by atoms with van der Waals surface area (Å²) in [6, 6.07) is 11.5. The molecule has 0 aliphatic heterocycles. The summed E-state index contributed by atoms with van der Waals surface area (Å²) in [5.74, 6) is -1.17. The fourth-order valence-corrected chi connectivity index (χ4v) is 2.36. The van der Waals surface area contributed by atoms with Crippen molar-refractivity contribution in [1.29, 1.82) is 0 Å². The van der Waals surface area contributed by atoms with Crippen LogP contribution in [0.5, 0.6) is 5.75 Å². The number of nitrogens with one attached hydrogen (secondary N) is 1. The van der Waals surface area contributed by atoms with Gasteiger partial charge in [-0.1, -0.05) is 12.1 Å². The molecular weight excluding hydrogens is 350 g/mol. The van der Waals surface area contributed by atoms with Crippen molar-refractivity contribution in [3.63, 3.8) is 0 Å². The average Bonchev–Trinajstić information content (AvgIpc) is 2.66. The molecule has 2 aromatic carbocycles. The summed E-state index contributed by atoms with van der Waals surface area (Å²) in [5, 5.41) is 2.61. The van der Waals surface area contributed by atoms with E-state index in [9.17, 15) is 14.4 Å². The highest BCUT2D eigenvalue weighted by atomic mass is 16.5. The molecule has 27 heavy (non-hydrogen) atoms. The Morgan fingerprint density at radius 2 is 1.67 bits per heavy atom. The largest absolute Gasteiger partial charge is 0.481 e. The van der Waals surface area contributed by atoms with Gasteiger partial charge in [-0.3, -0.25) is 4.79 Å². The molecule has 0 heterocycles. The summed E-state index contributed by atoms with van der Waals surface area (Å²) in [5.41, 5.74) is 1.43. The van der Waals surface area contributed by atoms with Gasteiger partial charge in [-0.2, -0.15) is 0 Å². The van der Waals surface area contributed by atoms with Gasteiger partial charge < -0.3 is 19.5 Å². The maximum atomic E-state index is 12.5. The number of methoxy groups -OCH3 is 2. The fraction of sp³-hybridized carbons (Fsp3) is 0.250. The number of esters is 2. The van der Waals surface area contributed by atoms with E-state index in [1.54, 1.807) is 13.0 Å². The van der Waals surface area contributed by atoms with Gasteiger partial charge in [0.2, 0.25) is 0 Å². The number of anilines is 1. The van der Waals surface area contributed by atoms with Crippen molar-refractivity contribution in [2.45, 2.75) is 20.0 Å². The molecule has 2 rings (SSSR count). The zero-order chi connectivity index (χ0) is 20.0. The summed E-state index contributed by atoms with van der Waals surface area (Å²) in [4.78, 5) is 36.2. The minimum atomic E-state index is -0.834. The number of benzene rings is 2. The molecule has 1 atom stereocenters. The molecule has 0 aromatic heterocycles. The SMILES string of the molecule is COC(=O)c1ccc(C(=O)OC)c(NC(=O)[C@@H](C)Oc2cccc(C)c2)c1. The standard InChI is InChI=1S/C20H21NO6/c1-12-6-5-7-15(10-12)27-13(2)18(22)21-17-11-14(19(23)25-3)8-9-16(17)20(24)26-4/h5-11,13H,1-4H3,(H,21,22)/t13-/m1/s1. The summed E-state index contributed by atoms with van der Waals surface area (Å²) < 4.78 is 15.0. The first kappa shape index (κ1) is 20.0. The molecule has 7 heteroatoms. The molecule has 0 bridgehead atoms. The van der Waals surface area contributed by atoms with E-state index < -0.39 is 23.9 Å². The molecule has 1 amide bonds. The van der Waals surface area contributed by atoms with Crippen molar-refractivity contribution in [3.8, 4) is 5.75 Å². The smallest absolute Gasteiger partial charge is 0.339 e. The van der Waals surface area contributed by atoms with E-state index in [0.29, 0.717) is 5.75 Å². The average molecular weight is 371 g/mol. The number of aryl methyl sites for hydroxylation is 1. The molecule has 0 radical (unpaired) electrons. The molecule has 142 valence electrons. The van der Waals surface area contributed by atoms with Gasteiger partial charge in [0, 0.05) is 0 Å². The third kappa shape index (κ3) is 5.07. The van der Waals surface area contributed by atoms with E-state index in [4.69, 9.17) is 9.47 Å². The third-order valence-electron chi connectivity index (χ3n) is 3.78. The van der Waals surface area contributed by atoms with Gasteiger partial charge in [-0.05, 0) is 49.7 Å². The van der Waals surface area contributed by atoms with E-state index in [-0.39, 0.29) is 16.8 Å². The molecule has 2 aromatic rings. The van der Waals surface area contributed by atoms with E-state index in [1.807, 2.05) is 25.1 Å². The Bertz CT molecular complexity index is 861. The summed E-state index contributed by atoms with van der Waals surface area (Å²) in [6.07, 6.45) is -0.834. The van der Waals surface area contributed by atoms with E-state index in [1.165, 1.54) is 32.4 Å². The van der Waals surface area contributed by atoms with Crippen LogP contribution in [0.25, 0.3) is 0 Å². The zero-order valence-corrected chi connectivity index (χ0v) is 15.6. The molecular formula is C20H21NO6. The van der Waals surface area contributed by atoms with Crippen molar-refractivity contribution in [2.24, 2.45) is 0 Å². The van der Waals surface area contributed by atoms with Gasteiger partial charge >= 0.3 is 11.9 Å². The van der Waals surface area contributed by atoms with Crippen LogP contribution in [0.15, 0.2) is 42.5 Å². The lowest BCUT2D eigenvalue weighted by molar-refractivity contribution is -0.122. The maximum Gasteiger partial charge on any atom is 0.339 e. The minimum absolute atomic E-state index is 0.112. The van der Waals surface area contributed by atoms with Crippen LogP contribution in [0.2, 0.25) is 0 Å². The lowest BCUT2D eigenvalue weighted by Gasteiger charge is -2.17. The lowest BCUT2D eigenvalue weighted by Crippen LogP contribution is -2.31. The van der Waals surface area contributed by atoms with Crippen LogP contribution in [0.1, 0.15) is 33.2 Å². The van der Waals surface area contributed by atoms with Gasteiger partial charge in [0.1, 0.15) is 5.75 Å². The van der Waals surface area contributed by atoms with Crippen LogP contribution in [-0.2, 0) is 14.3 Å². The zero-order valence-electron chi connectivity index (χ0n) is 15.6. The molecule has 1 N–H and O–H groups in total. The second kappa shape index (κ2) is 8.84. The number of ether oxygens (including phenoxy) is 3. The Kier molecular flexibility index (Phi) is 6.54. The molecule has 0 spiro atoms. The van der Waals surface area contributed by atoms with Gasteiger partial charge in [0.25, 0.3) is 5.91 Å². The summed E-state index contributed by atoms with van der Waals surface area (Å²) >= 11 is 0. The van der Waals surface area contributed by atoms with Crippen LogP contribution in [-0.4, -0.2) is 38.2 Å². The molecule has 0 saturated carbocycles. The molecule has 0 aliphatic carbocycles. The second-order valence-corrected chi connectivity index (χ2v) is 5.81. The Balaban J connectivity index is 2.23. The van der Waals surface area contributed by atoms with Crippen LogP contribution < -0.4 is 10.1 Å². The second-order valence-electron chi connectivity index (χ2n) is 5.81. The highest BCUT2D eigenvalue weighted by Gasteiger charge is 2.21. The maximum absolute atomic E-state index is 12.5. The summed E-state index contributed by atoms with van der Waals surface area (Å²) in [6.45, 7) is 3.50. The van der Waals surface area contributed by atoms with Crippen LogP contribution in [0, 0.1) is 6.92 Å². The van der Waals surface area contributed by atoms with Gasteiger partial charge in [0.15, 0.2) is 6.10 Å². The van der Waals surface area contributed by atoms with Crippen LogP contribution in [0.3, 0.4) is 0 Å². The molecule has 0 fully saturated rings. The topological polar surface area (TPSA) is 90.9 Å². The fourth-order valence-electron chi connectivity index (χ4n) is 2.36. The first-order valence-electron chi connectivity index (χ1n) is 8.20.